The Labute approximate surface area is 147 Å². The molecule has 2 atom stereocenters. The Balaban J connectivity index is 2.16. The summed E-state index contributed by atoms with van der Waals surface area (Å²) in [6.07, 6.45) is 1.78. The molecule has 8 nitrogen and oxygen atoms in total. The number of carbonyl (C=O) groups is 2. The van der Waals surface area contributed by atoms with Crippen molar-refractivity contribution in [2.45, 2.75) is 57.2 Å². The monoisotopic (exact) mass is 372 g/mol. The predicted octanol–water partition coefficient (Wildman–Crippen LogP) is 1.68. The van der Waals surface area contributed by atoms with E-state index in [0.29, 0.717) is 18.8 Å². The van der Waals surface area contributed by atoms with Crippen LogP contribution in [0.15, 0.2) is 21.6 Å². The number of carbonyl (C=O) groups excluding carboxylic acids is 1. The number of hydrogen-bond donors (Lipinski definition) is 2. The van der Waals surface area contributed by atoms with Crippen LogP contribution in [0.1, 0.15) is 50.6 Å². The summed E-state index contributed by atoms with van der Waals surface area (Å²) >= 11 is 0. The van der Waals surface area contributed by atoms with E-state index in [-0.39, 0.29) is 18.5 Å². The smallest absolute Gasteiger partial charge is 0.371 e. The van der Waals surface area contributed by atoms with Gasteiger partial charge in [-0.25, -0.2) is 13.2 Å². The van der Waals surface area contributed by atoms with Crippen LogP contribution < -0.4 is 5.32 Å². The maximum absolute atomic E-state index is 12.7. The Bertz CT molecular complexity index is 740. The van der Waals surface area contributed by atoms with Gasteiger partial charge in [0.1, 0.15) is 6.04 Å². The van der Waals surface area contributed by atoms with Gasteiger partial charge in [-0.15, -0.1) is 0 Å². The van der Waals surface area contributed by atoms with E-state index in [4.69, 9.17) is 9.52 Å². The topological polar surface area (TPSA) is 117 Å². The molecule has 2 N–H and O–H groups in total. The van der Waals surface area contributed by atoms with Gasteiger partial charge < -0.3 is 14.8 Å². The highest BCUT2D eigenvalue weighted by molar-refractivity contribution is 7.89. The number of furan rings is 1. The number of amides is 1. The number of carboxylic acid groups (broad SMARTS) is 1. The summed E-state index contributed by atoms with van der Waals surface area (Å²) in [5.74, 6) is -1.72. The average Bonchev–Trinajstić information content (AvgIpc) is 3.16. The highest BCUT2D eigenvalue weighted by Crippen LogP contribution is 2.27. The first-order valence-corrected chi connectivity index (χ1v) is 9.72. The summed E-state index contributed by atoms with van der Waals surface area (Å²) in [6, 6.07) is 1.33. The van der Waals surface area contributed by atoms with Crippen molar-refractivity contribution in [2.24, 2.45) is 5.92 Å². The molecule has 2 heterocycles. The first kappa shape index (κ1) is 19.5. The van der Waals surface area contributed by atoms with Crippen molar-refractivity contribution < 1.29 is 27.5 Å². The van der Waals surface area contributed by atoms with Crippen LogP contribution in [0, 0.1) is 5.92 Å². The lowest BCUT2D eigenvalue weighted by molar-refractivity contribution is -0.124. The second-order valence-electron chi connectivity index (χ2n) is 6.74. The zero-order valence-electron chi connectivity index (χ0n) is 14.6. The molecule has 2 rings (SSSR count). The quantitative estimate of drug-likeness (QED) is 0.752. The lowest BCUT2D eigenvalue weighted by atomic mass is 10.0. The molecule has 9 heteroatoms. The van der Waals surface area contributed by atoms with Crippen molar-refractivity contribution >= 4 is 21.9 Å². The molecule has 0 radical (unpaired) electrons. The number of aromatic carboxylic acids is 1. The fourth-order valence-corrected chi connectivity index (χ4v) is 4.66. The summed E-state index contributed by atoms with van der Waals surface area (Å²) in [5.41, 5.74) is 0. The predicted molar refractivity (Wildman–Crippen MR) is 89.6 cm³/mol. The third kappa shape index (κ3) is 4.40. The molecular formula is C16H24N2O6S. The second-order valence-corrected chi connectivity index (χ2v) is 8.56. The third-order valence-corrected chi connectivity index (χ3v) is 5.86. The molecule has 1 aromatic rings. The molecule has 2 unspecified atom stereocenters. The highest BCUT2D eigenvalue weighted by atomic mass is 32.2. The van der Waals surface area contributed by atoms with Crippen LogP contribution in [0.5, 0.6) is 0 Å². The van der Waals surface area contributed by atoms with Gasteiger partial charge in [0.05, 0.1) is 0 Å². The molecular weight excluding hydrogens is 348 g/mol. The molecule has 0 bridgehead atoms. The molecule has 1 aromatic heterocycles. The molecule has 0 saturated carbocycles. The number of nitrogens with zero attached hydrogens (tertiary/aromatic N) is 1. The average molecular weight is 372 g/mol. The summed E-state index contributed by atoms with van der Waals surface area (Å²) in [6.45, 7) is 6.18. The van der Waals surface area contributed by atoms with Crippen LogP contribution in [0.25, 0.3) is 0 Å². The largest absolute Gasteiger partial charge is 0.475 e. The van der Waals surface area contributed by atoms with E-state index in [9.17, 15) is 18.0 Å². The van der Waals surface area contributed by atoms with Crippen molar-refractivity contribution in [1.82, 2.24) is 9.62 Å². The SMILES string of the molecule is CC(C)CC(C)NC(=O)C1CCCN1S(=O)(=O)c1ccc(C(=O)O)o1. The summed E-state index contributed by atoms with van der Waals surface area (Å²) in [7, 11) is -4.06. The van der Waals surface area contributed by atoms with Gasteiger partial charge in [0.2, 0.25) is 16.8 Å². The maximum atomic E-state index is 12.7. The van der Waals surface area contributed by atoms with Crippen LogP contribution in [0.4, 0.5) is 0 Å². The Morgan fingerprint density at radius 1 is 1.36 bits per heavy atom. The van der Waals surface area contributed by atoms with Crippen LogP contribution >= 0.6 is 0 Å². The molecule has 0 aromatic carbocycles. The van der Waals surface area contributed by atoms with E-state index in [1.54, 1.807) is 0 Å². The van der Waals surface area contributed by atoms with Crippen molar-refractivity contribution in [3.8, 4) is 0 Å². The van der Waals surface area contributed by atoms with E-state index in [0.717, 1.165) is 22.9 Å². The summed E-state index contributed by atoms with van der Waals surface area (Å²) in [5, 5.41) is 11.3. The molecule has 140 valence electrons. The van der Waals surface area contributed by atoms with Crippen molar-refractivity contribution in [1.29, 1.82) is 0 Å². The zero-order valence-corrected chi connectivity index (χ0v) is 15.4. The van der Waals surface area contributed by atoms with Gasteiger partial charge in [0, 0.05) is 12.6 Å². The maximum Gasteiger partial charge on any atom is 0.371 e. The van der Waals surface area contributed by atoms with E-state index in [1.165, 1.54) is 0 Å². The van der Waals surface area contributed by atoms with Gasteiger partial charge in [-0.05, 0) is 44.2 Å². The molecule has 0 spiro atoms. The van der Waals surface area contributed by atoms with Gasteiger partial charge >= 0.3 is 5.97 Å². The van der Waals surface area contributed by atoms with E-state index in [1.807, 2.05) is 20.8 Å². The van der Waals surface area contributed by atoms with E-state index < -0.39 is 32.9 Å². The van der Waals surface area contributed by atoms with Crippen LogP contribution in [-0.2, 0) is 14.8 Å². The number of sulfonamides is 1. The normalized spacial score (nSPS) is 19.9. The van der Waals surface area contributed by atoms with Crippen molar-refractivity contribution in [3.63, 3.8) is 0 Å². The summed E-state index contributed by atoms with van der Waals surface area (Å²) < 4.78 is 31.4. The van der Waals surface area contributed by atoms with E-state index in [2.05, 4.69) is 5.32 Å². The first-order chi connectivity index (χ1) is 11.6. The van der Waals surface area contributed by atoms with Crippen LogP contribution in [-0.4, -0.2) is 48.3 Å². The van der Waals surface area contributed by atoms with Crippen LogP contribution in [0.3, 0.4) is 0 Å². The fourth-order valence-electron chi connectivity index (χ4n) is 3.08. The first-order valence-electron chi connectivity index (χ1n) is 8.28. The molecule has 1 aliphatic heterocycles. The molecule has 1 amide bonds. The minimum absolute atomic E-state index is 0.0557. The zero-order chi connectivity index (χ0) is 18.8. The lowest BCUT2D eigenvalue weighted by Gasteiger charge is -2.24. The fraction of sp³-hybridized carbons (Fsp3) is 0.625. The molecule has 1 fully saturated rings. The summed E-state index contributed by atoms with van der Waals surface area (Å²) in [4.78, 5) is 23.4. The highest BCUT2D eigenvalue weighted by Gasteiger charge is 2.41. The van der Waals surface area contributed by atoms with Gasteiger partial charge in [0.15, 0.2) is 0 Å². The van der Waals surface area contributed by atoms with Gasteiger partial charge in [-0.2, -0.15) is 4.31 Å². The molecule has 1 saturated heterocycles. The van der Waals surface area contributed by atoms with E-state index >= 15 is 0 Å². The lowest BCUT2D eigenvalue weighted by Crippen LogP contribution is -2.48. The Hall–Kier alpha value is -1.87. The van der Waals surface area contributed by atoms with Crippen molar-refractivity contribution in [2.75, 3.05) is 6.54 Å². The molecule has 25 heavy (non-hydrogen) atoms. The Morgan fingerprint density at radius 2 is 2.04 bits per heavy atom. The minimum atomic E-state index is -4.06. The number of rotatable bonds is 7. The standard InChI is InChI=1S/C16H24N2O6S/c1-10(2)9-11(3)17-15(19)12-5-4-8-18(12)25(22,23)14-7-6-13(24-14)16(20)21/h6-7,10-12H,4-5,8-9H2,1-3H3,(H,17,19)(H,20,21). The number of nitrogens with one attached hydrogen (secondary N) is 1. The number of carboxylic acids is 1. The molecule has 1 aliphatic rings. The Kier molecular flexibility index (Phi) is 5.89. The molecule has 0 aliphatic carbocycles. The Morgan fingerprint density at radius 3 is 2.60 bits per heavy atom. The van der Waals surface area contributed by atoms with Crippen molar-refractivity contribution in [3.05, 3.63) is 17.9 Å². The third-order valence-electron chi connectivity index (χ3n) is 4.08. The number of hydrogen-bond acceptors (Lipinski definition) is 5. The van der Waals surface area contributed by atoms with Crippen LogP contribution in [0.2, 0.25) is 0 Å². The van der Waals surface area contributed by atoms with Gasteiger partial charge in [0.25, 0.3) is 10.0 Å². The minimum Gasteiger partial charge on any atom is -0.475 e. The second kappa shape index (κ2) is 7.57. The van der Waals surface area contributed by atoms with Gasteiger partial charge in [-0.1, -0.05) is 13.8 Å². The van der Waals surface area contributed by atoms with Gasteiger partial charge in [-0.3, -0.25) is 4.79 Å².